The van der Waals surface area contributed by atoms with Gasteiger partial charge in [-0.15, -0.1) is 13.2 Å². The van der Waals surface area contributed by atoms with Gasteiger partial charge in [0.05, 0.1) is 5.69 Å². The molecule has 0 atom stereocenters. The van der Waals surface area contributed by atoms with E-state index in [4.69, 9.17) is 0 Å². The highest BCUT2D eigenvalue weighted by molar-refractivity contribution is 4.99. The summed E-state index contributed by atoms with van der Waals surface area (Å²) in [4.78, 5) is 7.40. The number of rotatable bonds is 3. The fraction of sp³-hybridized carbons (Fsp3) is 0.500. The summed E-state index contributed by atoms with van der Waals surface area (Å²) in [5.74, 6) is 0.0120. The number of alkyl halides is 3. The molecular formula is C8H8F3N2O. The van der Waals surface area contributed by atoms with Crippen molar-refractivity contribution >= 4 is 0 Å². The first-order valence-electron chi connectivity index (χ1n) is 3.94. The maximum atomic E-state index is 11.6. The van der Waals surface area contributed by atoms with Crippen LogP contribution in [0.3, 0.4) is 0 Å². The summed E-state index contributed by atoms with van der Waals surface area (Å²) >= 11 is 0. The maximum Gasteiger partial charge on any atom is 0.522 e. The molecule has 0 N–H and O–H groups in total. The summed E-state index contributed by atoms with van der Waals surface area (Å²) in [6, 6.07) is 2.70. The Labute approximate surface area is 78.9 Å². The second-order valence-corrected chi connectivity index (χ2v) is 2.47. The fourth-order valence-electron chi connectivity index (χ4n) is 0.795. The van der Waals surface area contributed by atoms with Crippen LogP contribution in [0, 0.1) is 6.07 Å². The van der Waals surface area contributed by atoms with Crippen molar-refractivity contribution in [3.63, 3.8) is 0 Å². The van der Waals surface area contributed by atoms with Gasteiger partial charge in [-0.2, -0.15) is 0 Å². The third-order valence-electron chi connectivity index (χ3n) is 1.41. The van der Waals surface area contributed by atoms with Crippen LogP contribution in [0.1, 0.15) is 18.4 Å². The number of aryl methyl sites for hydroxylation is 1. The predicted octanol–water partition coefficient (Wildman–Crippen LogP) is 1.88. The van der Waals surface area contributed by atoms with Crippen molar-refractivity contribution in [2.75, 3.05) is 0 Å². The van der Waals surface area contributed by atoms with Crippen LogP contribution in [0.2, 0.25) is 0 Å². The van der Waals surface area contributed by atoms with E-state index in [2.05, 4.69) is 20.8 Å². The van der Waals surface area contributed by atoms with E-state index >= 15 is 0 Å². The lowest BCUT2D eigenvalue weighted by atomic mass is 10.3. The van der Waals surface area contributed by atoms with E-state index in [-0.39, 0.29) is 5.82 Å². The topological polar surface area (TPSA) is 35.0 Å². The summed E-state index contributed by atoms with van der Waals surface area (Å²) in [6.45, 7) is 1.17. The molecule has 0 aliphatic rings. The third-order valence-corrected chi connectivity index (χ3v) is 1.41. The molecule has 0 aromatic carbocycles. The Hall–Kier alpha value is -1.17. The van der Waals surface area contributed by atoms with Gasteiger partial charge >= 0.3 is 6.36 Å². The monoisotopic (exact) mass is 205 g/mol. The number of hydrogen-bond donors (Lipinski definition) is 0. The van der Waals surface area contributed by atoms with Crippen LogP contribution in [-0.2, 0) is 17.8 Å². The van der Waals surface area contributed by atoms with Gasteiger partial charge in [-0.1, -0.05) is 6.92 Å². The molecule has 1 heterocycles. The first-order chi connectivity index (χ1) is 6.51. The van der Waals surface area contributed by atoms with E-state index in [1.807, 2.05) is 6.92 Å². The van der Waals surface area contributed by atoms with Gasteiger partial charge in [0.2, 0.25) is 0 Å². The summed E-state index contributed by atoms with van der Waals surface area (Å²) in [6.07, 6.45) is -2.75. The number of nitrogens with zero attached hydrogens (tertiary/aromatic N) is 2. The molecule has 3 nitrogen and oxygen atoms in total. The largest absolute Gasteiger partial charge is 0.522 e. The maximum absolute atomic E-state index is 11.6. The average Bonchev–Trinajstić information content (AvgIpc) is 2.14. The molecule has 77 valence electrons. The molecule has 0 unspecified atom stereocenters. The van der Waals surface area contributed by atoms with Gasteiger partial charge in [0.1, 0.15) is 6.61 Å². The third kappa shape index (κ3) is 3.69. The molecule has 14 heavy (non-hydrogen) atoms. The van der Waals surface area contributed by atoms with Crippen molar-refractivity contribution in [2.24, 2.45) is 0 Å². The molecule has 0 aliphatic heterocycles. The molecular weight excluding hydrogens is 197 g/mol. The Balaban J connectivity index is 2.59. The van der Waals surface area contributed by atoms with Crippen LogP contribution in [0.25, 0.3) is 0 Å². The normalized spacial score (nSPS) is 11.7. The van der Waals surface area contributed by atoms with Crippen molar-refractivity contribution in [1.82, 2.24) is 9.97 Å². The second-order valence-electron chi connectivity index (χ2n) is 2.47. The SMILES string of the molecule is CCc1[c]cnc(COC(F)(F)F)n1. The van der Waals surface area contributed by atoms with Crippen molar-refractivity contribution < 1.29 is 17.9 Å². The zero-order valence-electron chi connectivity index (χ0n) is 7.43. The standard InChI is InChI=1S/C8H8F3N2O/c1-2-6-3-4-12-7(13-6)5-14-8(9,10)11/h4H,2,5H2,1H3. The smallest absolute Gasteiger partial charge is 0.284 e. The highest BCUT2D eigenvalue weighted by Crippen LogP contribution is 2.17. The van der Waals surface area contributed by atoms with Gasteiger partial charge in [-0.25, -0.2) is 9.97 Å². The van der Waals surface area contributed by atoms with Crippen molar-refractivity contribution in [3.8, 4) is 0 Å². The minimum absolute atomic E-state index is 0.0120. The van der Waals surface area contributed by atoms with Gasteiger partial charge < -0.3 is 0 Å². The summed E-state index contributed by atoms with van der Waals surface area (Å²) in [5.41, 5.74) is 0.570. The highest BCUT2D eigenvalue weighted by atomic mass is 19.4. The molecule has 0 bridgehead atoms. The minimum Gasteiger partial charge on any atom is -0.284 e. The van der Waals surface area contributed by atoms with E-state index in [1.54, 1.807) is 0 Å². The van der Waals surface area contributed by atoms with Crippen molar-refractivity contribution in [3.05, 3.63) is 23.8 Å². The highest BCUT2D eigenvalue weighted by Gasteiger charge is 2.29. The van der Waals surface area contributed by atoms with Crippen LogP contribution in [0.5, 0.6) is 0 Å². The van der Waals surface area contributed by atoms with Crippen molar-refractivity contribution in [2.45, 2.75) is 26.3 Å². The van der Waals surface area contributed by atoms with E-state index in [0.29, 0.717) is 12.1 Å². The molecule has 0 fully saturated rings. The molecule has 6 heteroatoms. The summed E-state index contributed by atoms with van der Waals surface area (Å²) in [7, 11) is 0. The Morgan fingerprint density at radius 3 is 2.79 bits per heavy atom. The van der Waals surface area contributed by atoms with Crippen LogP contribution < -0.4 is 0 Å². The van der Waals surface area contributed by atoms with E-state index < -0.39 is 13.0 Å². The fourth-order valence-corrected chi connectivity index (χ4v) is 0.795. The molecule has 1 rings (SSSR count). The molecule has 1 aromatic heterocycles. The van der Waals surface area contributed by atoms with Gasteiger partial charge in [-0.05, 0) is 6.42 Å². The van der Waals surface area contributed by atoms with Crippen molar-refractivity contribution in [1.29, 1.82) is 0 Å². The molecule has 0 amide bonds. The zero-order chi connectivity index (χ0) is 10.6. The van der Waals surface area contributed by atoms with Crippen LogP contribution >= 0.6 is 0 Å². The van der Waals surface area contributed by atoms with E-state index in [9.17, 15) is 13.2 Å². The van der Waals surface area contributed by atoms with Gasteiger partial charge in [0.25, 0.3) is 0 Å². The first-order valence-corrected chi connectivity index (χ1v) is 3.94. The van der Waals surface area contributed by atoms with Gasteiger partial charge in [-0.3, -0.25) is 4.74 Å². The van der Waals surface area contributed by atoms with Crippen LogP contribution in [0.4, 0.5) is 13.2 Å². The lowest BCUT2D eigenvalue weighted by Gasteiger charge is -2.06. The Morgan fingerprint density at radius 2 is 2.21 bits per heavy atom. The van der Waals surface area contributed by atoms with E-state index in [0.717, 1.165) is 0 Å². The van der Waals surface area contributed by atoms with Crippen LogP contribution in [0.15, 0.2) is 6.20 Å². The van der Waals surface area contributed by atoms with Gasteiger partial charge in [0.15, 0.2) is 5.82 Å². The summed E-state index contributed by atoms with van der Waals surface area (Å²) < 4.78 is 38.5. The number of hydrogen-bond acceptors (Lipinski definition) is 3. The number of ether oxygens (including phenoxy) is 1. The predicted molar refractivity (Wildman–Crippen MR) is 41.1 cm³/mol. The number of aromatic nitrogens is 2. The van der Waals surface area contributed by atoms with Crippen LogP contribution in [-0.4, -0.2) is 16.3 Å². The molecule has 0 saturated carbocycles. The average molecular weight is 205 g/mol. The molecule has 0 aliphatic carbocycles. The quantitative estimate of drug-likeness (QED) is 0.755. The zero-order valence-corrected chi connectivity index (χ0v) is 7.43. The molecule has 0 saturated heterocycles. The Bertz CT molecular complexity index is 301. The lowest BCUT2D eigenvalue weighted by molar-refractivity contribution is -0.331. The number of halogens is 3. The second kappa shape index (κ2) is 4.36. The molecule has 1 radical (unpaired) electrons. The Kier molecular flexibility index (Phi) is 3.40. The lowest BCUT2D eigenvalue weighted by Crippen LogP contribution is -2.14. The van der Waals surface area contributed by atoms with Gasteiger partial charge in [0, 0.05) is 12.3 Å². The first kappa shape index (κ1) is 10.9. The molecule has 0 spiro atoms. The molecule has 1 aromatic rings. The van der Waals surface area contributed by atoms with E-state index in [1.165, 1.54) is 6.20 Å². The minimum atomic E-state index is -4.64. The summed E-state index contributed by atoms with van der Waals surface area (Å²) in [5, 5.41) is 0. The Morgan fingerprint density at radius 1 is 1.50 bits per heavy atom.